The maximum Gasteiger partial charge on any atom is 0.163 e. The molecule has 2 aromatic rings. The van der Waals surface area contributed by atoms with Crippen LogP contribution in [0.3, 0.4) is 0 Å². The van der Waals surface area contributed by atoms with Gasteiger partial charge in [0.1, 0.15) is 0 Å². The van der Waals surface area contributed by atoms with Gasteiger partial charge in [-0.05, 0) is 62.8 Å². The fourth-order valence-electron chi connectivity index (χ4n) is 5.08. The topological polar surface area (TPSA) is 61.8 Å². The normalized spacial score (nSPS) is 24.5. The zero-order chi connectivity index (χ0) is 22.5. The Bertz CT molecular complexity index is 905. The third-order valence-electron chi connectivity index (χ3n) is 6.64. The monoisotopic (exact) mass is 436 g/mol. The second-order valence-corrected chi connectivity index (χ2v) is 9.52. The molecule has 172 valence electrons. The Balaban J connectivity index is 1.25. The summed E-state index contributed by atoms with van der Waals surface area (Å²) in [5, 5.41) is 14.1. The summed E-state index contributed by atoms with van der Waals surface area (Å²) < 4.78 is 5.82. The van der Waals surface area contributed by atoms with Gasteiger partial charge in [0.05, 0.1) is 18.3 Å². The first-order chi connectivity index (χ1) is 15.5. The van der Waals surface area contributed by atoms with Crippen LogP contribution in [0, 0.1) is 0 Å². The van der Waals surface area contributed by atoms with Gasteiger partial charge in [0, 0.05) is 43.3 Å². The van der Waals surface area contributed by atoms with Crippen molar-refractivity contribution in [2.24, 2.45) is 0 Å². The standard InChI is InChI=1S/C27H36N2O3/c1-19-14-25(15-20(2)32-19)28-24-9-5-8-22(16-24)27(31)11-10-26(30)18-29-13-12-21-6-3-4-7-23(21)17-29/h3-9,16,19-20,25-26,28,30H,10-15,17-18H2,1-2H3/t19?,20?,25?,26-/m0/s1. The van der Waals surface area contributed by atoms with Crippen molar-refractivity contribution in [3.63, 3.8) is 0 Å². The highest BCUT2D eigenvalue weighted by atomic mass is 16.5. The van der Waals surface area contributed by atoms with Crippen molar-refractivity contribution in [1.29, 1.82) is 0 Å². The van der Waals surface area contributed by atoms with Gasteiger partial charge in [-0.3, -0.25) is 9.69 Å². The van der Waals surface area contributed by atoms with Crippen molar-refractivity contribution in [3.8, 4) is 0 Å². The van der Waals surface area contributed by atoms with E-state index in [4.69, 9.17) is 4.74 Å². The van der Waals surface area contributed by atoms with E-state index in [1.807, 2.05) is 24.3 Å². The fourth-order valence-corrected chi connectivity index (χ4v) is 5.08. The van der Waals surface area contributed by atoms with E-state index in [1.165, 1.54) is 11.1 Å². The molecule has 0 radical (unpaired) electrons. The van der Waals surface area contributed by atoms with Crippen LogP contribution in [0.1, 0.15) is 61.0 Å². The smallest absolute Gasteiger partial charge is 0.163 e. The number of carbonyl (C=O) groups is 1. The number of ether oxygens (including phenoxy) is 1. The lowest BCUT2D eigenvalue weighted by Gasteiger charge is -2.33. The fraction of sp³-hybridized carbons (Fsp3) is 0.519. The summed E-state index contributed by atoms with van der Waals surface area (Å²) in [6.45, 7) is 6.66. The molecule has 1 saturated heterocycles. The molecule has 2 N–H and O–H groups in total. The van der Waals surface area contributed by atoms with Gasteiger partial charge in [-0.15, -0.1) is 0 Å². The quantitative estimate of drug-likeness (QED) is 0.599. The number of fused-ring (bicyclic) bond motifs is 1. The molecule has 2 heterocycles. The van der Waals surface area contributed by atoms with Crippen LogP contribution >= 0.6 is 0 Å². The Morgan fingerprint density at radius 2 is 1.88 bits per heavy atom. The van der Waals surface area contributed by atoms with Crippen LogP contribution in [-0.2, 0) is 17.7 Å². The molecule has 0 bridgehead atoms. The van der Waals surface area contributed by atoms with E-state index < -0.39 is 6.10 Å². The molecule has 2 aromatic carbocycles. The average molecular weight is 437 g/mol. The molecule has 1 fully saturated rings. The molecule has 0 spiro atoms. The molecule has 0 aliphatic carbocycles. The van der Waals surface area contributed by atoms with Gasteiger partial charge in [0.2, 0.25) is 0 Å². The highest BCUT2D eigenvalue weighted by Crippen LogP contribution is 2.24. The van der Waals surface area contributed by atoms with Crippen LogP contribution in [0.15, 0.2) is 48.5 Å². The molecule has 2 unspecified atom stereocenters. The van der Waals surface area contributed by atoms with E-state index in [1.54, 1.807) is 0 Å². The van der Waals surface area contributed by atoms with Crippen LogP contribution < -0.4 is 5.32 Å². The Labute approximate surface area is 191 Å². The predicted molar refractivity (Wildman–Crippen MR) is 128 cm³/mol. The van der Waals surface area contributed by atoms with E-state index in [2.05, 4.69) is 48.3 Å². The molecule has 2 aliphatic heterocycles. The number of ketones is 1. The number of Topliss-reactive ketones (excluding diaryl/α,β-unsaturated/α-hetero) is 1. The third-order valence-corrected chi connectivity index (χ3v) is 6.64. The van der Waals surface area contributed by atoms with Gasteiger partial charge in [-0.25, -0.2) is 0 Å². The lowest BCUT2D eigenvalue weighted by molar-refractivity contribution is -0.0337. The predicted octanol–water partition coefficient (Wildman–Crippen LogP) is 4.44. The summed E-state index contributed by atoms with van der Waals surface area (Å²) in [6, 6.07) is 16.6. The number of rotatable bonds is 8. The number of aliphatic hydroxyl groups excluding tert-OH is 1. The van der Waals surface area contributed by atoms with Gasteiger partial charge in [-0.1, -0.05) is 36.4 Å². The van der Waals surface area contributed by atoms with Gasteiger partial charge in [0.25, 0.3) is 0 Å². The minimum Gasteiger partial charge on any atom is -0.392 e. The SMILES string of the molecule is CC1CC(Nc2cccc(C(=O)CC[C@H](O)CN3CCc4ccccc4C3)c2)CC(C)O1. The van der Waals surface area contributed by atoms with Crippen LogP contribution in [0.25, 0.3) is 0 Å². The molecule has 5 heteroatoms. The van der Waals surface area contributed by atoms with E-state index in [0.29, 0.717) is 31.0 Å². The highest BCUT2D eigenvalue weighted by Gasteiger charge is 2.24. The summed E-state index contributed by atoms with van der Waals surface area (Å²) in [5.41, 5.74) is 4.45. The van der Waals surface area contributed by atoms with Crippen molar-refractivity contribution < 1.29 is 14.6 Å². The number of hydrogen-bond acceptors (Lipinski definition) is 5. The molecule has 4 rings (SSSR count). The van der Waals surface area contributed by atoms with Crippen molar-refractivity contribution in [3.05, 3.63) is 65.2 Å². The largest absolute Gasteiger partial charge is 0.392 e. The lowest BCUT2D eigenvalue weighted by Crippen LogP contribution is -2.37. The zero-order valence-electron chi connectivity index (χ0n) is 19.3. The molecule has 0 amide bonds. The highest BCUT2D eigenvalue weighted by molar-refractivity contribution is 5.96. The Morgan fingerprint density at radius 1 is 1.12 bits per heavy atom. The van der Waals surface area contributed by atoms with Crippen molar-refractivity contribution >= 4 is 11.5 Å². The Kier molecular flexibility index (Phi) is 7.61. The first-order valence-electron chi connectivity index (χ1n) is 12.0. The zero-order valence-corrected chi connectivity index (χ0v) is 19.3. The number of nitrogens with one attached hydrogen (secondary N) is 1. The molecule has 32 heavy (non-hydrogen) atoms. The summed E-state index contributed by atoms with van der Waals surface area (Å²) >= 11 is 0. The van der Waals surface area contributed by atoms with E-state index in [0.717, 1.165) is 38.0 Å². The van der Waals surface area contributed by atoms with Crippen molar-refractivity contribution in [2.45, 2.75) is 76.9 Å². The molecule has 0 aromatic heterocycles. The lowest BCUT2D eigenvalue weighted by atomic mass is 9.98. The molecule has 2 aliphatic rings. The van der Waals surface area contributed by atoms with Crippen LogP contribution in [0.5, 0.6) is 0 Å². The minimum atomic E-state index is -0.490. The first-order valence-corrected chi connectivity index (χ1v) is 12.0. The second kappa shape index (κ2) is 10.6. The number of β-amino-alcohol motifs (C(OH)–C–C–N with tert-alkyl or cyclic N) is 1. The number of anilines is 1. The summed E-state index contributed by atoms with van der Waals surface area (Å²) in [7, 11) is 0. The number of carbonyl (C=O) groups excluding carboxylic acids is 1. The third kappa shape index (κ3) is 6.18. The molecule has 0 saturated carbocycles. The van der Waals surface area contributed by atoms with Gasteiger partial charge in [-0.2, -0.15) is 0 Å². The maximum atomic E-state index is 12.8. The second-order valence-electron chi connectivity index (χ2n) is 9.52. The van der Waals surface area contributed by atoms with Crippen LogP contribution in [0.2, 0.25) is 0 Å². The van der Waals surface area contributed by atoms with Gasteiger partial charge >= 0.3 is 0 Å². The summed E-state index contributed by atoms with van der Waals surface area (Å²) in [5.74, 6) is 0.0883. The number of nitrogens with zero attached hydrogens (tertiary/aromatic N) is 1. The van der Waals surface area contributed by atoms with Crippen LogP contribution in [0.4, 0.5) is 5.69 Å². The first kappa shape index (κ1) is 23.0. The van der Waals surface area contributed by atoms with E-state index in [-0.39, 0.29) is 18.0 Å². The minimum absolute atomic E-state index is 0.0883. The summed E-state index contributed by atoms with van der Waals surface area (Å²) in [4.78, 5) is 15.1. The number of aliphatic hydroxyl groups is 1. The summed E-state index contributed by atoms with van der Waals surface area (Å²) in [6.07, 6.45) is 3.81. The van der Waals surface area contributed by atoms with Gasteiger partial charge < -0.3 is 15.2 Å². The van der Waals surface area contributed by atoms with Crippen molar-refractivity contribution in [1.82, 2.24) is 4.90 Å². The van der Waals surface area contributed by atoms with Crippen LogP contribution in [-0.4, -0.2) is 53.2 Å². The van der Waals surface area contributed by atoms with E-state index in [9.17, 15) is 9.90 Å². The number of hydrogen-bond donors (Lipinski definition) is 2. The number of benzene rings is 2. The Hall–Kier alpha value is -2.21. The average Bonchev–Trinajstić information content (AvgIpc) is 2.77. The maximum absolute atomic E-state index is 12.8. The molecule has 3 atom stereocenters. The van der Waals surface area contributed by atoms with Gasteiger partial charge in [0.15, 0.2) is 5.78 Å². The van der Waals surface area contributed by atoms with E-state index >= 15 is 0 Å². The van der Waals surface area contributed by atoms with Crippen molar-refractivity contribution in [2.75, 3.05) is 18.4 Å². The molecular formula is C27H36N2O3. The Morgan fingerprint density at radius 3 is 2.66 bits per heavy atom. The molecular weight excluding hydrogens is 400 g/mol. The molecule has 5 nitrogen and oxygen atoms in total.